The Bertz CT molecular complexity index is 1230. The molecule has 0 aliphatic rings. The van der Waals surface area contributed by atoms with Crippen LogP contribution in [0, 0.1) is 6.92 Å². The summed E-state index contributed by atoms with van der Waals surface area (Å²) in [6.07, 6.45) is 5.97. The number of anilines is 1. The molecule has 0 saturated heterocycles. The minimum Gasteiger partial charge on any atom is -0.357 e. The van der Waals surface area contributed by atoms with Gasteiger partial charge < -0.3 is 10.3 Å². The van der Waals surface area contributed by atoms with E-state index in [2.05, 4.69) is 43.2 Å². The van der Waals surface area contributed by atoms with Gasteiger partial charge in [0.15, 0.2) is 0 Å². The lowest BCUT2D eigenvalue weighted by molar-refractivity contribution is 1.11. The number of hydrogen-bond donors (Lipinski definition) is 2. The van der Waals surface area contributed by atoms with E-state index in [0.717, 1.165) is 39.9 Å². The van der Waals surface area contributed by atoms with Gasteiger partial charge in [0, 0.05) is 36.0 Å². The van der Waals surface area contributed by atoms with Crippen LogP contribution >= 0.6 is 0 Å². The molecule has 0 bridgehead atoms. The van der Waals surface area contributed by atoms with E-state index in [4.69, 9.17) is 0 Å². The van der Waals surface area contributed by atoms with E-state index in [1.165, 1.54) is 0 Å². The van der Waals surface area contributed by atoms with Gasteiger partial charge in [-0.3, -0.25) is 9.78 Å². The average molecular weight is 372 g/mol. The maximum absolute atomic E-state index is 12.7. The number of aryl methyl sites for hydroxylation is 2. The number of aromatic nitrogens is 5. The van der Waals surface area contributed by atoms with Crippen LogP contribution in [0.25, 0.3) is 33.4 Å². The van der Waals surface area contributed by atoms with E-state index in [1.807, 2.05) is 25.1 Å². The van der Waals surface area contributed by atoms with Gasteiger partial charge in [0.05, 0.1) is 17.6 Å². The van der Waals surface area contributed by atoms with Crippen molar-refractivity contribution in [3.63, 3.8) is 0 Å². The Morgan fingerprint density at radius 2 is 1.93 bits per heavy atom. The highest BCUT2D eigenvalue weighted by Crippen LogP contribution is 2.28. The maximum Gasteiger partial charge on any atom is 0.257 e. The van der Waals surface area contributed by atoms with Gasteiger partial charge in [-0.2, -0.15) is 4.98 Å². The molecule has 3 heterocycles. The van der Waals surface area contributed by atoms with E-state index < -0.39 is 0 Å². The summed E-state index contributed by atoms with van der Waals surface area (Å²) in [7, 11) is 1.74. The molecule has 28 heavy (non-hydrogen) atoms. The Labute approximate surface area is 161 Å². The molecule has 0 radical (unpaired) electrons. The van der Waals surface area contributed by atoms with Crippen LogP contribution in [0.15, 0.2) is 47.7 Å². The summed E-state index contributed by atoms with van der Waals surface area (Å²) >= 11 is 0. The minimum absolute atomic E-state index is 0.175. The summed E-state index contributed by atoms with van der Waals surface area (Å²) in [6, 6.07) is 7.86. The van der Waals surface area contributed by atoms with Gasteiger partial charge in [-0.05, 0) is 36.6 Å². The van der Waals surface area contributed by atoms with E-state index >= 15 is 0 Å². The molecule has 4 aromatic rings. The smallest absolute Gasteiger partial charge is 0.257 e. The van der Waals surface area contributed by atoms with Crippen molar-refractivity contribution >= 4 is 17.0 Å². The van der Waals surface area contributed by atoms with Crippen LogP contribution in [-0.2, 0) is 6.42 Å². The van der Waals surface area contributed by atoms with Crippen molar-refractivity contribution in [3.05, 3.63) is 64.5 Å². The highest BCUT2D eigenvalue weighted by molar-refractivity contribution is 5.82. The maximum atomic E-state index is 12.7. The molecule has 3 aromatic heterocycles. The van der Waals surface area contributed by atoms with Crippen LogP contribution in [0.5, 0.6) is 0 Å². The fourth-order valence-electron chi connectivity index (χ4n) is 3.22. The van der Waals surface area contributed by atoms with E-state index in [-0.39, 0.29) is 5.56 Å². The van der Waals surface area contributed by atoms with Gasteiger partial charge in [0.1, 0.15) is 5.65 Å². The van der Waals surface area contributed by atoms with Crippen LogP contribution < -0.4 is 10.9 Å². The number of H-pyrrole nitrogens is 1. The largest absolute Gasteiger partial charge is 0.357 e. The van der Waals surface area contributed by atoms with E-state index in [1.54, 1.807) is 25.6 Å². The van der Waals surface area contributed by atoms with Gasteiger partial charge in [0.2, 0.25) is 5.95 Å². The van der Waals surface area contributed by atoms with Crippen molar-refractivity contribution in [2.24, 2.45) is 0 Å². The van der Waals surface area contributed by atoms with Crippen LogP contribution in [0.3, 0.4) is 0 Å². The summed E-state index contributed by atoms with van der Waals surface area (Å²) in [4.78, 5) is 32.9. The first-order valence-corrected chi connectivity index (χ1v) is 9.09. The number of aromatic amines is 1. The molecule has 7 nitrogen and oxygen atoms in total. The molecule has 0 saturated carbocycles. The zero-order valence-corrected chi connectivity index (χ0v) is 15.9. The quantitative estimate of drug-likeness (QED) is 0.570. The molecule has 0 amide bonds. The molecular formula is C21H20N6O. The molecule has 0 atom stereocenters. The number of pyridine rings is 1. The van der Waals surface area contributed by atoms with Crippen molar-refractivity contribution in [2.75, 3.05) is 12.4 Å². The molecule has 2 N–H and O–H groups in total. The number of nitrogens with zero attached hydrogens (tertiary/aromatic N) is 4. The van der Waals surface area contributed by atoms with Gasteiger partial charge >= 0.3 is 0 Å². The fraction of sp³-hybridized carbons (Fsp3) is 0.190. The Balaban J connectivity index is 1.84. The number of hydrogen-bond acceptors (Lipinski definition) is 6. The lowest BCUT2D eigenvalue weighted by Crippen LogP contribution is -2.11. The zero-order chi connectivity index (χ0) is 19.7. The molecular weight excluding hydrogens is 352 g/mol. The first kappa shape index (κ1) is 17.8. The minimum atomic E-state index is -0.175. The highest BCUT2D eigenvalue weighted by Gasteiger charge is 2.12. The lowest BCUT2D eigenvalue weighted by Gasteiger charge is -2.11. The Kier molecular flexibility index (Phi) is 4.57. The Hall–Kier alpha value is -3.61. The average Bonchev–Trinajstić information content (AvgIpc) is 2.72. The third kappa shape index (κ3) is 3.22. The second-order valence-corrected chi connectivity index (χ2v) is 6.53. The normalized spacial score (nSPS) is 11.0. The molecule has 0 unspecified atom stereocenters. The first-order chi connectivity index (χ1) is 13.6. The SMILES string of the molecule is CCc1cc(-c2cncc(C)n2)ccc1-c1cc2cnc(NC)nc2[nH]c1=O. The monoisotopic (exact) mass is 372 g/mol. The van der Waals surface area contributed by atoms with Crippen molar-refractivity contribution in [1.82, 2.24) is 24.9 Å². The second kappa shape index (κ2) is 7.19. The van der Waals surface area contributed by atoms with E-state index in [0.29, 0.717) is 17.2 Å². The second-order valence-electron chi connectivity index (χ2n) is 6.53. The number of rotatable bonds is 4. The summed E-state index contributed by atoms with van der Waals surface area (Å²) in [5, 5.41) is 3.66. The fourth-order valence-corrected chi connectivity index (χ4v) is 3.22. The topological polar surface area (TPSA) is 96.4 Å². The molecule has 0 fully saturated rings. The van der Waals surface area contributed by atoms with Crippen molar-refractivity contribution in [3.8, 4) is 22.4 Å². The van der Waals surface area contributed by atoms with Gasteiger partial charge in [-0.15, -0.1) is 0 Å². The molecule has 7 heteroatoms. The van der Waals surface area contributed by atoms with E-state index in [9.17, 15) is 4.79 Å². The van der Waals surface area contributed by atoms with Crippen molar-refractivity contribution in [2.45, 2.75) is 20.3 Å². The third-order valence-corrected chi connectivity index (χ3v) is 4.64. The number of nitrogens with one attached hydrogen (secondary N) is 2. The third-order valence-electron chi connectivity index (χ3n) is 4.64. The standard InChI is InChI=1S/C21H20N6O/c1-4-13-7-14(18-11-23-9-12(2)25-18)5-6-16(13)17-8-15-10-24-21(22-3)27-19(15)26-20(17)28/h5-11H,4H2,1-3H3,(H2,22,24,26,27,28). The highest BCUT2D eigenvalue weighted by atomic mass is 16.1. The number of fused-ring (bicyclic) bond motifs is 1. The summed E-state index contributed by atoms with van der Waals surface area (Å²) in [5.74, 6) is 0.466. The first-order valence-electron chi connectivity index (χ1n) is 9.09. The summed E-state index contributed by atoms with van der Waals surface area (Å²) in [5.41, 5.74) is 5.58. The van der Waals surface area contributed by atoms with Crippen LogP contribution in [-0.4, -0.2) is 32.0 Å². The predicted molar refractivity (Wildman–Crippen MR) is 110 cm³/mol. The molecule has 0 aliphatic heterocycles. The predicted octanol–water partition coefficient (Wildman–Crippen LogP) is 3.35. The van der Waals surface area contributed by atoms with Crippen LogP contribution in [0.2, 0.25) is 0 Å². The Morgan fingerprint density at radius 3 is 2.68 bits per heavy atom. The van der Waals surface area contributed by atoms with Crippen LogP contribution in [0.4, 0.5) is 5.95 Å². The lowest BCUT2D eigenvalue weighted by atomic mass is 9.95. The summed E-state index contributed by atoms with van der Waals surface area (Å²) < 4.78 is 0. The molecule has 140 valence electrons. The van der Waals surface area contributed by atoms with Gasteiger partial charge in [0.25, 0.3) is 5.56 Å². The summed E-state index contributed by atoms with van der Waals surface area (Å²) in [6.45, 7) is 3.99. The molecule has 4 rings (SSSR count). The van der Waals surface area contributed by atoms with Gasteiger partial charge in [-0.25, -0.2) is 9.97 Å². The van der Waals surface area contributed by atoms with Gasteiger partial charge in [-0.1, -0.05) is 19.1 Å². The zero-order valence-electron chi connectivity index (χ0n) is 15.9. The molecule has 0 spiro atoms. The molecule has 0 aliphatic carbocycles. The molecule has 1 aromatic carbocycles. The Morgan fingerprint density at radius 1 is 1.07 bits per heavy atom. The van der Waals surface area contributed by atoms with Crippen LogP contribution in [0.1, 0.15) is 18.2 Å². The van der Waals surface area contributed by atoms with Crippen molar-refractivity contribution in [1.29, 1.82) is 0 Å². The number of benzene rings is 1. The van der Waals surface area contributed by atoms with Crippen molar-refractivity contribution < 1.29 is 0 Å².